The monoisotopic (exact) mass is 565 g/mol. The Morgan fingerprint density at radius 3 is 2.60 bits per heavy atom. The van der Waals surface area contributed by atoms with Crippen LogP contribution in [0.5, 0.6) is 5.88 Å². The first-order valence-corrected chi connectivity index (χ1v) is 13.7. The van der Waals surface area contributed by atoms with E-state index in [2.05, 4.69) is 24.4 Å². The summed E-state index contributed by atoms with van der Waals surface area (Å²) in [6.07, 6.45) is 5.68. The summed E-state index contributed by atoms with van der Waals surface area (Å²) in [6, 6.07) is 9.03. The number of pyridine rings is 1. The minimum absolute atomic E-state index is 0.0162. The Labute approximate surface area is 235 Å². The number of piperidine rings is 1. The zero-order valence-electron chi connectivity index (χ0n) is 21.8. The van der Waals surface area contributed by atoms with Crippen LogP contribution in [-0.4, -0.2) is 67.2 Å². The van der Waals surface area contributed by atoms with Crippen molar-refractivity contribution >= 4 is 28.5 Å². The number of primary amides is 1. The predicted octanol–water partition coefficient (Wildman–Crippen LogP) is 3.54. The molecule has 2 fully saturated rings. The van der Waals surface area contributed by atoms with Gasteiger partial charge in [-0.15, -0.1) is 0 Å². The maximum absolute atomic E-state index is 14.5. The molecule has 0 unspecified atom stereocenters. The van der Waals surface area contributed by atoms with Crippen LogP contribution < -0.4 is 10.5 Å². The van der Waals surface area contributed by atoms with Gasteiger partial charge in [-0.25, -0.2) is 15.0 Å². The van der Waals surface area contributed by atoms with E-state index in [0.717, 1.165) is 62.1 Å². The number of likely N-dealkylation sites (tertiary alicyclic amines) is 1. The number of ether oxygens (including phenoxy) is 2. The van der Waals surface area contributed by atoms with Crippen molar-refractivity contribution in [2.24, 2.45) is 5.73 Å². The van der Waals surface area contributed by atoms with E-state index >= 15 is 0 Å². The molecule has 5 heterocycles. The van der Waals surface area contributed by atoms with Crippen LogP contribution in [0.25, 0.3) is 11.0 Å². The molecule has 2 aliphatic heterocycles. The maximum atomic E-state index is 14.5. The summed E-state index contributed by atoms with van der Waals surface area (Å²) in [7, 11) is 0. The second-order valence-corrected chi connectivity index (χ2v) is 10.6. The molecule has 0 saturated carbocycles. The van der Waals surface area contributed by atoms with E-state index < -0.39 is 11.7 Å². The molecule has 1 aromatic carbocycles. The van der Waals surface area contributed by atoms with Crippen molar-refractivity contribution in [2.45, 2.75) is 51.0 Å². The first-order valence-electron chi connectivity index (χ1n) is 13.3. The first kappa shape index (κ1) is 26.5. The van der Waals surface area contributed by atoms with Crippen molar-refractivity contribution in [3.8, 4) is 5.88 Å². The van der Waals surface area contributed by atoms with Gasteiger partial charge >= 0.3 is 0 Å². The molecule has 4 aromatic rings. The third-order valence-corrected chi connectivity index (χ3v) is 7.61. The third-order valence-electron chi connectivity index (χ3n) is 7.36. The molecular formula is C28H29ClFN7O3. The zero-order valence-corrected chi connectivity index (χ0v) is 22.6. The second kappa shape index (κ2) is 11.4. The summed E-state index contributed by atoms with van der Waals surface area (Å²) in [5, 5.41) is 0.651. The van der Waals surface area contributed by atoms with Gasteiger partial charge in [-0.2, -0.15) is 9.37 Å². The molecule has 0 bridgehead atoms. The lowest BCUT2D eigenvalue weighted by molar-refractivity contribution is -0.0592. The van der Waals surface area contributed by atoms with Gasteiger partial charge in [0.1, 0.15) is 23.4 Å². The minimum Gasteiger partial charge on any atom is -0.472 e. The predicted molar refractivity (Wildman–Crippen MR) is 146 cm³/mol. The summed E-state index contributed by atoms with van der Waals surface area (Å²) < 4.78 is 28.3. The van der Waals surface area contributed by atoms with Gasteiger partial charge < -0.3 is 19.8 Å². The number of imidazole rings is 1. The maximum Gasteiger partial charge on any atom is 0.267 e. The van der Waals surface area contributed by atoms with E-state index in [0.29, 0.717) is 35.9 Å². The van der Waals surface area contributed by atoms with E-state index in [4.69, 9.17) is 31.8 Å². The van der Waals surface area contributed by atoms with Crippen LogP contribution in [0.15, 0.2) is 42.7 Å². The Morgan fingerprint density at radius 1 is 1.12 bits per heavy atom. The smallest absolute Gasteiger partial charge is 0.267 e. The lowest BCUT2D eigenvalue weighted by Crippen LogP contribution is -2.39. The quantitative estimate of drug-likeness (QED) is 0.327. The van der Waals surface area contributed by atoms with Crippen molar-refractivity contribution in [2.75, 3.05) is 19.7 Å². The number of nitrogens with zero attached hydrogens (tertiary/aromatic N) is 6. The van der Waals surface area contributed by atoms with Gasteiger partial charge in [0, 0.05) is 31.1 Å². The van der Waals surface area contributed by atoms with Crippen molar-refractivity contribution in [1.29, 1.82) is 0 Å². The van der Waals surface area contributed by atoms with Crippen LogP contribution in [0.3, 0.4) is 0 Å². The average Bonchev–Trinajstić information content (AvgIpc) is 3.26. The number of aromatic nitrogens is 5. The molecule has 0 aliphatic carbocycles. The fourth-order valence-electron chi connectivity index (χ4n) is 5.05. The summed E-state index contributed by atoms with van der Waals surface area (Å²) >= 11 is 5.96. The number of fused-ring (bicyclic) bond motifs is 1. The molecule has 12 heteroatoms. The molecule has 2 N–H and O–H groups in total. The number of hydrogen-bond acceptors (Lipinski definition) is 8. The SMILES string of the molecule is NC(=O)c1cc2nc(CN3CCC(Oc4nc(Cc5ccc(Cl)cc5)ncc4F)CC3)n(C[C@@H]3CCO3)c2cn1. The Hall–Kier alpha value is -3.67. The Bertz CT molecular complexity index is 1520. The fourth-order valence-corrected chi connectivity index (χ4v) is 5.17. The highest BCUT2D eigenvalue weighted by Gasteiger charge is 2.26. The van der Waals surface area contributed by atoms with E-state index in [1.54, 1.807) is 24.4 Å². The number of hydrogen-bond donors (Lipinski definition) is 1. The lowest BCUT2D eigenvalue weighted by atomic mass is 10.1. The number of benzene rings is 1. The molecule has 10 nitrogen and oxygen atoms in total. The summed E-state index contributed by atoms with van der Waals surface area (Å²) in [4.78, 5) is 31.4. The number of halogens is 2. The van der Waals surface area contributed by atoms with Gasteiger partial charge in [0.25, 0.3) is 11.8 Å². The molecular weight excluding hydrogens is 537 g/mol. The molecule has 0 radical (unpaired) electrons. The van der Waals surface area contributed by atoms with Gasteiger partial charge in [-0.1, -0.05) is 23.7 Å². The van der Waals surface area contributed by atoms with E-state index in [1.165, 1.54) is 0 Å². The summed E-state index contributed by atoms with van der Waals surface area (Å²) in [5.74, 6) is 0.191. The Balaban J connectivity index is 1.10. The lowest BCUT2D eigenvalue weighted by Gasteiger charge is -2.32. The molecule has 0 spiro atoms. The standard InChI is InChI=1S/C28H29ClFN7O3/c29-18-3-1-17(2-4-18)11-25-33-13-21(30)28(35-25)40-19-5-8-36(9-6-19)16-26-34-22-12-23(27(31)38)32-14-24(22)37(26)15-20-7-10-39-20/h1-4,12-14,19-20H,5-11,15-16H2,(H2,31,38)/t20-/m0/s1. The Morgan fingerprint density at radius 2 is 1.90 bits per heavy atom. The molecule has 208 valence electrons. The molecule has 40 heavy (non-hydrogen) atoms. The van der Waals surface area contributed by atoms with Crippen LogP contribution in [0.1, 0.15) is 47.0 Å². The largest absolute Gasteiger partial charge is 0.472 e. The van der Waals surface area contributed by atoms with Gasteiger partial charge in [-0.3, -0.25) is 9.69 Å². The molecule has 6 rings (SSSR count). The van der Waals surface area contributed by atoms with Crippen molar-refractivity contribution in [3.05, 3.63) is 76.5 Å². The molecule has 1 atom stereocenters. The molecule has 2 saturated heterocycles. The first-order chi connectivity index (χ1) is 19.4. The van der Waals surface area contributed by atoms with Crippen LogP contribution in [0.2, 0.25) is 5.02 Å². The molecule has 3 aromatic heterocycles. The molecule has 2 aliphatic rings. The van der Waals surface area contributed by atoms with Crippen LogP contribution >= 0.6 is 11.6 Å². The van der Waals surface area contributed by atoms with Crippen molar-refractivity contribution in [3.63, 3.8) is 0 Å². The number of carbonyl (C=O) groups is 1. The summed E-state index contributed by atoms with van der Waals surface area (Å²) in [6.45, 7) is 3.56. The average molecular weight is 566 g/mol. The minimum atomic E-state index is -0.584. The Kier molecular flexibility index (Phi) is 7.59. The van der Waals surface area contributed by atoms with E-state index in [9.17, 15) is 9.18 Å². The zero-order chi connectivity index (χ0) is 27.6. The normalized spacial score (nSPS) is 18.1. The third kappa shape index (κ3) is 5.91. The van der Waals surface area contributed by atoms with Gasteiger partial charge in [-0.05, 0) is 43.0 Å². The van der Waals surface area contributed by atoms with Gasteiger partial charge in [0.2, 0.25) is 5.82 Å². The summed E-state index contributed by atoms with van der Waals surface area (Å²) in [5.41, 5.74) is 8.13. The number of nitrogens with two attached hydrogens (primary N) is 1. The van der Waals surface area contributed by atoms with E-state index in [-0.39, 0.29) is 23.8 Å². The highest BCUT2D eigenvalue weighted by Crippen LogP contribution is 2.25. The van der Waals surface area contributed by atoms with Crippen LogP contribution in [0.4, 0.5) is 4.39 Å². The number of rotatable bonds is 9. The fraction of sp³-hybridized carbons (Fsp3) is 0.393. The van der Waals surface area contributed by atoms with Crippen LogP contribution in [0, 0.1) is 5.82 Å². The van der Waals surface area contributed by atoms with Crippen molar-refractivity contribution in [1.82, 2.24) is 29.4 Å². The van der Waals surface area contributed by atoms with Crippen molar-refractivity contribution < 1.29 is 18.7 Å². The highest BCUT2D eigenvalue weighted by molar-refractivity contribution is 6.30. The highest BCUT2D eigenvalue weighted by atomic mass is 35.5. The van der Waals surface area contributed by atoms with Gasteiger partial charge in [0.05, 0.1) is 42.6 Å². The number of amides is 1. The number of carbonyl (C=O) groups excluding carboxylic acids is 1. The molecule has 1 amide bonds. The second-order valence-electron chi connectivity index (χ2n) is 10.2. The van der Waals surface area contributed by atoms with E-state index in [1.807, 2.05) is 12.1 Å². The topological polar surface area (TPSA) is 121 Å². The van der Waals surface area contributed by atoms with Crippen LogP contribution in [-0.2, 0) is 24.2 Å². The van der Waals surface area contributed by atoms with Gasteiger partial charge in [0.15, 0.2) is 0 Å².